The first kappa shape index (κ1) is 11.6. The molecule has 3 rings (SSSR count). The van der Waals surface area contributed by atoms with Crippen LogP contribution in [0.1, 0.15) is 0 Å². The van der Waals surface area contributed by atoms with Crippen LogP contribution in [0.5, 0.6) is 5.75 Å². The Morgan fingerprint density at radius 1 is 1.39 bits per heavy atom. The summed E-state index contributed by atoms with van der Waals surface area (Å²) < 4.78 is 30.2. The highest BCUT2D eigenvalue weighted by atomic mass is 35.7. The average molecular weight is 285 g/mol. The fourth-order valence-corrected chi connectivity index (χ4v) is 2.73. The third kappa shape index (κ3) is 1.87. The van der Waals surface area contributed by atoms with E-state index in [1.807, 2.05) is 10.8 Å². The van der Waals surface area contributed by atoms with Crippen molar-refractivity contribution in [2.45, 2.75) is 11.4 Å². The van der Waals surface area contributed by atoms with Crippen LogP contribution < -0.4 is 4.74 Å². The second-order valence-corrected chi connectivity index (χ2v) is 6.45. The summed E-state index contributed by atoms with van der Waals surface area (Å²) in [6.45, 7) is 1.19. The van der Waals surface area contributed by atoms with Gasteiger partial charge >= 0.3 is 0 Å². The number of hydrogen-bond donors (Lipinski definition) is 0. The molecule has 0 atom stereocenters. The minimum absolute atomic E-state index is 0.0444. The summed E-state index contributed by atoms with van der Waals surface area (Å²) >= 11 is 0. The lowest BCUT2D eigenvalue weighted by atomic mass is 10.2. The van der Waals surface area contributed by atoms with E-state index >= 15 is 0 Å². The Hall–Kier alpha value is -1.53. The van der Waals surface area contributed by atoms with Crippen LogP contribution in [0.15, 0.2) is 35.5 Å². The average Bonchev–Trinajstić information content (AvgIpc) is 2.70. The van der Waals surface area contributed by atoms with E-state index in [4.69, 9.17) is 15.4 Å². The highest BCUT2D eigenvalue weighted by Gasteiger charge is 2.19. The molecule has 0 radical (unpaired) electrons. The number of hydrogen-bond acceptors (Lipinski definition) is 4. The number of imidazole rings is 1. The number of nitrogens with zero attached hydrogens (tertiary/aromatic N) is 2. The standard InChI is InChI=1S/C11H9ClN2O3S/c12-18(15,16)8-1-2-10-9(7-8)11-13-3-4-14(11)5-6-17-10/h1-4,7H,5-6H2. The topological polar surface area (TPSA) is 61.2 Å². The van der Waals surface area contributed by atoms with E-state index in [2.05, 4.69) is 4.98 Å². The van der Waals surface area contributed by atoms with Crippen molar-refractivity contribution in [1.82, 2.24) is 9.55 Å². The zero-order valence-electron chi connectivity index (χ0n) is 9.21. The van der Waals surface area contributed by atoms with Gasteiger partial charge in [0.1, 0.15) is 18.2 Å². The first-order chi connectivity index (χ1) is 8.55. The van der Waals surface area contributed by atoms with Crippen molar-refractivity contribution in [2.24, 2.45) is 0 Å². The fourth-order valence-electron chi connectivity index (χ4n) is 1.95. The van der Waals surface area contributed by atoms with Crippen LogP contribution >= 0.6 is 10.7 Å². The summed E-state index contributed by atoms with van der Waals surface area (Å²) in [5, 5.41) is 0. The van der Waals surface area contributed by atoms with Crippen molar-refractivity contribution in [2.75, 3.05) is 6.61 Å². The molecule has 0 aliphatic carbocycles. The molecule has 2 aromatic rings. The molecular weight excluding hydrogens is 276 g/mol. The van der Waals surface area contributed by atoms with Gasteiger partial charge in [0, 0.05) is 23.1 Å². The van der Waals surface area contributed by atoms with Crippen LogP contribution in [0, 0.1) is 0 Å². The minimum Gasteiger partial charge on any atom is -0.491 e. The Bertz CT molecular complexity index is 709. The highest BCUT2D eigenvalue weighted by Crippen LogP contribution is 2.33. The smallest absolute Gasteiger partial charge is 0.261 e. The molecule has 1 aromatic carbocycles. The molecule has 0 saturated heterocycles. The largest absolute Gasteiger partial charge is 0.491 e. The van der Waals surface area contributed by atoms with Crippen molar-refractivity contribution in [3.8, 4) is 17.1 Å². The maximum absolute atomic E-state index is 11.4. The fraction of sp³-hybridized carbons (Fsp3) is 0.182. The van der Waals surface area contributed by atoms with E-state index in [0.717, 1.165) is 0 Å². The zero-order chi connectivity index (χ0) is 12.8. The third-order valence-electron chi connectivity index (χ3n) is 2.78. The second kappa shape index (κ2) is 4.00. The molecule has 0 amide bonds. The van der Waals surface area contributed by atoms with Crippen molar-refractivity contribution in [3.05, 3.63) is 30.6 Å². The van der Waals surface area contributed by atoms with Gasteiger partial charge in [0.15, 0.2) is 0 Å². The number of benzene rings is 1. The van der Waals surface area contributed by atoms with Crippen LogP contribution in [-0.2, 0) is 15.6 Å². The van der Waals surface area contributed by atoms with E-state index < -0.39 is 9.05 Å². The number of halogens is 1. The lowest BCUT2D eigenvalue weighted by Gasteiger charge is -2.07. The molecule has 1 aromatic heterocycles. The molecule has 0 bridgehead atoms. The summed E-state index contributed by atoms with van der Waals surface area (Å²) in [5.74, 6) is 1.30. The van der Waals surface area contributed by atoms with Crippen LogP contribution in [0.4, 0.5) is 0 Å². The quantitative estimate of drug-likeness (QED) is 0.750. The van der Waals surface area contributed by atoms with Crippen LogP contribution in [0.2, 0.25) is 0 Å². The molecule has 7 heteroatoms. The van der Waals surface area contributed by atoms with Crippen molar-refractivity contribution >= 4 is 19.7 Å². The van der Waals surface area contributed by atoms with Gasteiger partial charge in [0.25, 0.3) is 9.05 Å². The van der Waals surface area contributed by atoms with Gasteiger partial charge in [0.05, 0.1) is 17.0 Å². The molecule has 1 aliphatic rings. The third-order valence-corrected chi connectivity index (χ3v) is 4.13. The predicted octanol–water partition coefficient (Wildman–Crippen LogP) is 1.87. The number of rotatable bonds is 1. The van der Waals surface area contributed by atoms with Crippen LogP contribution in [0.25, 0.3) is 11.4 Å². The van der Waals surface area contributed by atoms with Gasteiger partial charge in [-0.3, -0.25) is 0 Å². The summed E-state index contributed by atoms with van der Waals surface area (Å²) in [5.41, 5.74) is 0.638. The lowest BCUT2D eigenvalue weighted by molar-refractivity contribution is 0.306. The Kier molecular flexibility index (Phi) is 2.57. The number of ether oxygens (including phenoxy) is 1. The van der Waals surface area contributed by atoms with Gasteiger partial charge < -0.3 is 9.30 Å². The molecule has 1 aliphatic heterocycles. The normalized spacial score (nSPS) is 14.3. The molecular formula is C11H9ClN2O3S. The van der Waals surface area contributed by atoms with Gasteiger partial charge in [-0.25, -0.2) is 13.4 Å². The first-order valence-corrected chi connectivity index (χ1v) is 7.60. The molecule has 0 saturated carbocycles. The van der Waals surface area contributed by atoms with Gasteiger partial charge in [-0.15, -0.1) is 0 Å². The van der Waals surface area contributed by atoms with E-state index in [9.17, 15) is 8.42 Å². The molecule has 5 nitrogen and oxygen atoms in total. The molecule has 0 unspecified atom stereocenters. The van der Waals surface area contributed by atoms with Gasteiger partial charge in [0.2, 0.25) is 0 Å². The molecule has 0 spiro atoms. The Balaban J connectivity index is 2.26. The summed E-state index contributed by atoms with van der Waals surface area (Å²) in [6, 6.07) is 4.52. The van der Waals surface area contributed by atoms with Gasteiger partial charge in [-0.1, -0.05) is 0 Å². The maximum Gasteiger partial charge on any atom is 0.261 e. The molecule has 2 heterocycles. The van der Waals surface area contributed by atoms with E-state index in [1.165, 1.54) is 12.1 Å². The van der Waals surface area contributed by atoms with Crippen LogP contribution in [-0.4, -0.2) is 24.6 Å². The predicted molar refractivity (Wildman–Crippen MR) is 66.2 cm³/mol. The maximum atomic E-state index is 11.4. The number of aromatic nitrogens is 2. The van der Waals surface area contributed by atoms with Crippen LogP contribution in [0.3, 0.4) is 0 Å². The first-order valence-electron chi connectivity index (χ1n) is 5.29. The molecule has 0 N–H and O–H groups in total. The van der Waals surface area contributed by atoms with E-state index in [1.54, 1.807) is 12.3 Å². The van der Waals surface area contributed by atoms with E-state index in [0.29, 0.717) is 30.3 Å². The summed E-state index contributed by atoms with van der Waals surface area (Å²) in [4.78, 5) is 4.27. The Morgan fingerprint density at radius 3 is 3.00 bits per heavy atom. The molecule has 0 fully saturated rings. The molecule has 94 valence electrons. The van der Waals surface area contributed by atoms with Gasteiger partial charge in [-0.05, 0) is 18.2 Å². The Labute approximate surface area is 108 Å². The Morgan fingerprint density at radius 2 is 2.22 bits per heavy atom. The van der Waals surface area contributed by atoms with Crippen molar-refractivity contribution in [3.63, 3.8) is 0 Å². The summed E-state index contributed by atoms with van der Waals surface area (Å²) in [6.07, 6.45) is 3.50. The zero-order valence-corrected chi connectivity index (χ0v) is 10.8. The lowest BCUT2D eigenvalue weighted by Crippen LogP contribution is -2.04. The molecule has 18 heavy (non-hydrogen) atoms. The van der Waals surface area contributed by atoms with Gasteiger partial charge in [-0.2, -0.15) is 0 Å². The summed E-state index contributed by atoms with van der Waals surface area (Å²) in [7, 11) is 1.59. The second-order valence-electron chi connectivity index (χ2n) is 3.89. The highest BCUT2D eigenvalue weighted by molar-refractivity contribution is 8.13. The van der Waals surface area contributed by atoms with Crippen molar-refractivity contribution in [1.29, 1.82) is 0 Å². The number of fused-ring (bicyclic) bond motifs is 3. The van der Waals surface area contributed by atoms with E-state index in [-0.39, 0.29) is 4.90 Å². The monoisotopic (exact) mass is 284 g/mol. The van der Waals surface area contributed by atoms with Crippen molar-refractivity contribution < 1.29 is 13.2 Å². The SMILES string of the molecule is O=S(=O)(Cl)c1ccc2c(c1)-c1nccn1CCO2. The minimum atomic E-state index is -3.75.